The van der Waals surface area contributed by atoms with Crippen molar-refractivity contribution in [3.8, 4) is 0 Å². The Morgan fingerprint density at radius 2 is 2.00 bits per heavy atom. The lowest BCUT2D eigenvalue weighted by Crippen LogP contribution is -2.32. The van der Waals surface area contributed by atoms with Crippen LogP contribution in [-0.2, 0) is 11.2 Å². The lowest BCUT2D eigenvalue weighted by Gasteiger charge is -2.06. The van der Waals surface area contributed by atoms with Crippen molar-refractivity contribution in [3.05, 3.63) is 29.8 Å². The van der Waals surface area contributed by atoms with Gasteiger partial charge in [-0.2, -0.15) is 0 Å². The van der Waals surface area contributed by atoms with Gasteiger partial charge in [-0.25, -0.2) is 0 Å². The Balaban J connectivity index is 2.64. The summed E-state index contributed by atoms with van der Waals surface area (Å²) in [6.45, 7) is 0. The summed E-state index contributed by atoms with van der Waals surface area (Å²) < 4.78 is 0. The van der Waals surface area contributed by atoms with E-state index in [1.165, 1.54) is 0 Å². The van der Waals surface area contributed by atoms with Gasteiger partial charge in [0.25, 0.3) is 0 Å². The Kier molecular flexibility index (Phi) is 3.44. The predicted molar refractivity (Wildman–Crippen MR) is 51.2 cm³/mol. The van der Waals surface area contributed by atoms with E-state index in [0.29, 0.717) is 5.69 Å². The van der Waals surface area contributed by atoms with Crippen LogP contribution in [0.2, 0.25) is 0 Å². The fraction of sp³-hybridized carbons (Fsp3) is 0.222. The molecule has 0 amide bonds. The van der Waals surface area contributed by atoms with Crippen LogP contribution in [0.5, 0.6) is 0 Å². The van der Waals surface area contributed by atoms with Crippen LogP contribution in [0, 0.1) is 0 Å². The van der Waals surface area contributed by atoms with Gasteiger partial charge < -0.3 is 10.8 Å². The normalized spacial score (nSPS) is 12.1. The number of anilines is 1. The number of carboxylic acids is 1. The molecule has 1 aromatic rings. The molecule has 1 unspecified atom stereocenters. The van der Waals surface area contributed by atoms with E-state index in [1.54, 1.807) is 24.3 Å². The highest BCUT2D eigenvalue weighted by Crippen LogP contribution is 2.09. The van der Waals surface area contributed by atoms with Gasteiger partial charge in [-0.3, -0.25) is 15.5 Å². The zero-order valence-corrected chi connectivity index (χ0v) is 7.47. The number of benzene rings is 1. The van der Waals surface area contributed by atoms with Crippen LogP contribution in [0.25, 0.3) is 0 Å². The molecule has 5 heteroatoms. The summed E-state index contributed by atoms with van der Waals surface area (Å²) in [5, 5.41) is 17.1. The lowest BCUT2D eigenvalue weighted by molar-refractivity contribution is -0.138. The molecule has 5 N–H and O–H groups in total. The number of rotatable bonds is 4. The highest BCUT2D eigenvalue weighted by molar-refractivity contribution is 5.73. The Morgan fingerprint density at radius 1 is 1.43 bits per heavy atom. The smallest absolute Gasteiger partial charge is 0.320 e. The standard InChI is InChI=1S/C9H12N2O3/c10-8(9(12)13)5-6-1-3-7(11-14)4-2-6/h1-4,8,11,14H,5,10H2,(H,12,13). The van der Waals surface area contributed by atoms with Gasteiger partial charge in [0.15, 0.2) is 0 Å². The van der Waals surface area contributed by atoms with Crippen LogP contribution in [0.1, 0.15) is 5.56 Å². The molecule has 0 saturated heterocycles. The molecule has 0 bridgehead atoms. The molecule has 0 aromatic heterocycles. The molecule has 0 heterocycles. The molecule has 14 heavy (non-hydrogen) atoms. The summed E-state index contributed by atoms with van der Waals surface area (Å²) in [6, 6.07) is 5.82. The highest BCUT2D eigenvalue weighted by atomic mass is 16.5. The van der Waals surface area contributed by atoms with Crippen molar-refractivity contribution in [1.82, 2.24) is 0 Å². The summed E-state index contributed by atoms with van der Waals surface area (Å²) >= 11 is 0. The molecule has 76 valence electrons. The molecule has 1 aromatic carbocycles. The van der Waals surface area contributed by atoms with E-state index in [1.807, 2.05) is 5.48 Å². The molecule has 5 nitrogen and oxygen atoms in total. The Labute approximate surface area is 81.1 Å². The van der Waals surface area contributed by atoms with E-state index < -0.39 is 12.0 Å². The van der Waals surface area contributed by atoms with E-state index >= 15 is 0 Å². The summed E-state index contributed by atoms with van der Waals surface area (Å²) in [4.78, 5) is 10.4. The summed E-state index contributed by atoms with van der Waals surface area (Å²) in [5.41, 5.74) is 8.71. The maximum absolute atomic E-state index is 10.4. The van der Waals surface area contributed by atoms with Crippen molar-refractivity contribution in [2.24, 2.45) is 5.73 Å². The number of aliphatic carboxylic acids is 1. The van der Waals surface area contributed by atoms with Crippen LogP contribution < -0.4 is 11.2 Å². The molecule has 0 radical (unpaired) electrons. The zero-order chi connectivity index (χ0) is 10.6. The molecule has 0 aliphatic rings. The van der Waals surface area contributed by atoms with Crippen molar-refractivity contribution in [2.45, 2.75) is 12.5 Å². The summed E-state index contributed by atoms with van der Waals surface area (Å²) in [6.07, 6.45) is 0.279. The third-order valence-corrected chi connectivity index (χ3v) is 1.86. The van der Waals surface area contributed by atoms with Crippen molar-refractivity contribution in [3.63, 3.8) is 0 Å². The monoisotopic (exact) mass is 196 g/mol. The zero-order valence-electron chi connectivity index (χ0n) is 7.47. The van der Waals surface area contributed by atoms with Gasteiger partial charge in [0.2, 0.25) is 0 Å². The van der Waals surface area contributed by atoms with Gasteiger partial charge in [-0.05, 0) is 24.1 Å². The van der Waals surface area contributed by atoms with Gasteiger partial charge >= 0.3 is 5.97 Å². The summed E-state index contributed by atoms with van der Waals surface area (Å²) in [7, 11) is 0. The van der Waals surface area contributed by atoms with E-state index in [9.17, 15) is 4.79 Å². The first-order valence-corrected chi connectivity index (χ1v) is 4.11. The van der Waals surface area contributed by atoms with Crippen LogP contribution in [0.4, 0.5) is 5.69 Å². The highest BCUT2D eigenvalue weighted by Gasteiger charge is 2.11. The molecule has 0 fully saturated rings. The Bertz CT molecular complexity index is 310. The molecular formula is C9H12N2O3. The molecule has 0 aliphatic heterocycles. The van der Waals surface area contributed by atoms with Gasteiger partial charge in [-0.1, -0.05) is 12.1 Å². The van der Waals surface area contributed by atoms with Crippen molar-refractivity contribution in [1.29, 1.82) is 0 Å². The van der Waals surface area contributed by atoms with Gasteiger partial charge in [0.05, 0.1) is 5.69 Å². The quantitative estimate of drug-likeness (QED) is 0.524. The number of hydrogen-bond donors (Lipinski definition) is 4. The predicted octanol–water partition coefficient (Wildman–Crippen LogP) is 0.442. The molecule has 1 rings (SSSR count). The van der Waals surface area contributed by atoms with Crippen molar-refractivity contribution < 1.29 is 15.1 Å². The third kappa shape index (κ3) is 2.72. The number of nitrogens with two attached hydrogens (primary N) is 1. The van der Waals surface area contributed by atoms with E-state index in [2.05, 4.69) is 0 Å². The van der Waals surface area contributed by atoms with Gasteiger partial charge in [0.1, 0.15) is 6.04 Å². The van der Waals surface area contributed by atoms with E-state index in [-0.39, 0.29) is 6.42 Å². The minimum absolute atomic E-state index is 0.279. The molecule has 1 atom stereocenters. The molecule has 0 spiro atoms. The van der Waals surface area contributed by atoms with Crippen LogP contribution in [0.3, 0.4) is 0 Å². The third-order valence-electron chi connectivity index (χ3n) is 1.86. The Hall–Kier alpha value is -1.59. The maximum Gasteiger partial charge on any atom is 0.320 e. The average Bonchev–Trinajstić information content (AvgIpc) is 2.19. The molecule has 0 saturated carbocycles. The van der Waals surface area contributed by atoms with Crippen molar-refractivity contribution >= 4 is 11.7 Å². The van der Waals surface area contributed by atoms with E-state index in [4.69, 9.17) is 16.0 Å². The number of hydrogen-bond acceptors (Lipinski definition) is 4. The SMILES string of the molecule is NC(Cc1ccc(NO)cc1)C(=O)O. The largest absolute Gasteiger partial charge is 0.480 e. The fourth-order valence-electron chi connectivity index (χ4n) is 1.06. The molecule has 0 aliphatic carbocycles. The second-order valence-electron chi connectivity index (χ2n) is 2.96. The van der Waals surface area contributed by atoms with E-state index in [0.717, 1.165) is 5.56 Å². The molecular weight excluding hydrogens is 184 g/mol. The van der Waals surface area contributed by atoms with Gasteiger partial charge in [0, 0.05) is 0 Å². The van der Waals surface area contributed by atoms with Crippen LogP contribution in [0.15, 0.2) is 24.3 Å². The maximum atomic E-state index is 10.4. The number of nitrogens with one attached hydrogen (secondary N) is 1. The first-order chi connectivity index (χ1) is 6.63. The van der Waals surface area contributed by atoms with Crippen LogP contribution in [-0.4, -0.2) is 22.3 Å². The van der Waals surface area contributed by atoms with Crippen LogP contribution >= 0.6 is 0 Å². The minimum atomic E-state index is -1.02. The second-order valence-corrected chi connectivity index (χ2v) is 2.96. The Morgan fingerprint density at radius 3 is 2.43 bits per heavy atom. The lowest BCUT2D eigenvalue weighted by atomic mass is 10.1. The summed E-state index contributed by atoms with van der Waals surface area (Å²) in [5.74, 6) is -1.02. The number of carboxylic acid groups (broad SMARTS) is 1. The number of carbonyl (C=O) groups is 1. The van der Waals surface area contributed by atoms with Crippen molar-refractivity contribution in [2.75, 3.05) is 5.48 Å². The topological polar surface area (TPSA) is 95.6 Å². The average molecular weight is 196 g/mol. The van der Waals surface area contributed by atoms with Gasteiger partial charge in [-0.15, -0.1) is 0 Å². The fourth-order valence-corrected chi connectivity index (χ4v) is 1.06. The first-order valence-electron chi connectivity index (χ1n) is 4.11. The minimum Gasteiger partial charge on any atom is -0.480 e. The second kappa shape index (κ2) is 4.59. The first kappa shape index (κ1) is 10.5.